The molecule has 0 aliphatic carbocycles. The molecule has 2 aromatic heterocycles. The van der Waals surface area contributed by atoms with Crippen molar-refractivity contribution in [2.24, 2.45) is 0 Å². The van der Waals surface area contributed by atoms with Gasteiger partial charge in [-0.2, -0.15) is 15.4 Å². The molecule has 0 aliphatic rings. The molecule has 3 aromatic rings. The second-order valence-electron chi connectivity index (χ2n) is 4.90. The zero-order valence-corrected chi connectivity index (χ0v) is 12.8. The topological polar surface area (TPSA) is 83.6 Å². The van der Waals surface area contributed by atoms with E-state index in [1.54, 1.807) is 29.5 Å². The lowest BCUT2D eigenvalue weighted by atomic mass is 10.1. The number of hydrogen-bond acceptors (Lipinski definition) is 5. The van der Waals surface area contributed by atoms with Gasteiger partial charge in [-0.1, -0.05) is 0 Å². The Morgan fingerprint density at radius 3 is 2.76 bits per heavy atom. The fourth-order valence-electron chi connectivity index (χ4n) is 2.28. The van der Waals surface area contributed by atoms with Crippen LogP contribution in [0.2, 0.25) is 0 Å². The van der Waals surface area contributed by atoms with Crippen LogP contribution in [0, 0.1) is 13.8 Å². The summed E-state index contributed by atoms with van der Waals surface area (Å²) in [6.45, 7) is 5.89. The smallest absolute Gasteiger partial charge is 0.251 e. The summed E-state index contributed by atoms with van der Waals surface area (Å²) in [6.07, 6.45) is 0. The molecule has 7 heteroatoms. The number of amides is 1. The van der Waals surface area contributed by atoms with Crippen molar-refractivity contribution >= 4 is 28.3 Å². The van der Waals surface area contributed by atoms with Crippen molar-refractivity contribution < 1.29 is 4.79 Å². The first-order valence-electron chi connectivity index (χ1n) is 6.60. The molecule has 0 saturated heterocycles. The Balaban J connectivity index is 1.80. The summed E-state index contributed by atoms with van der Waals surface area (Å²) >= 11 is 1.61. The number of nitrogens with zero attached hydrogens (tertiary/aromatic N) is 3. The van der Waals surface area contributed by atoms with E-state index in [2.05, 4.69) is 25.7 Å². The van der Waals surface area contributed by atoms with Gasteiger partial charge in [0.1, 0.15) is 11.0 Å². The zero-order chi connectivity index (χ0) is 15.0. The highest BCUT2D eigenvalue weighted by molar-refractivity contribution is 7.11. The Kier molecular flexibility index (Phi) is 3.42. The van der Waals surface area contributed by atoms with E-state index in [-0.39, 0.29) is 11.9 Å². The van der Waals surface area contributed by atoms with Crippen molar-refractivity contribution in [2.45, 2.75) is 26.8 Å². The Labute approximate surface area is 125 Å². The number of aryl methyl sites for hydroxylation is 2. The first kappa shape index (κ1) is 13.7. The quantitative estimate of drug-likeness (QED) is 0.778. The minimum absolute atomic E-state index is 0.0725. The van der Waals surface area contributed by atoms with Crippen LogP contribution in [-0.4, -0.2) is 26.3 Å². The van der Waals surface area contributed by atoms with Gasteiger partial charge >= 0.3 is 0 Å². The van der Waals surface area contributed by atoms with Crippen molar-refractivity contribution in [3.8, 4) is 0 Å². The van der Waals surface area contributed by atoms with Crippen LogP contribution in [0.15, 0.2) is 18.2 Å². The maximum absolute atomic E-state index is 12.3. The van der Waals surface area contributed by atoms with Gasteiger partial charge in [-0.05, 0) is 39.0 Å². The van der Waals surface area contributed by atoms with Crippen LogP contribution in [0.5, 0.6) is 0 Å². The van der Waals surface area contributed by atoms with Crippen LogP contribution in [-0.2, 0) is 0 Å². The number of nitrogens with one attached hydrogen (secondary N) is 2. The molecule has 21 heavy (non-hydrogen) atoms. The first-order chi connectivity index (χ1) is 10.0. The minimum Gasteiger partial charge on any atom is -0.345 e. The third kappa shape index (κ3) is 2.64. The van der Waals surface area contributed by atoms with Gasteiger partial charge in [0.15, 0.2) is 0 Å². The number of aromatic nitrogens is 4. The molecule has 0 fully saturated rings. The summed E-state index contributed by atoms with van der Waals surface area (Å²) in [5, 5.41) is 14.5. The van der Waals surface area contributed by atoms with E-state index >= 15 is 0 Å². The average molecular weight is 301 g/mol. The molecule has 108 valence electrons. The number of benzene rings is 1. The molecule has 0 aliphatic heterocycles. The maximum atomic E-state index is 12.3. The molecule has 1 atom stereocenters. The van der Waals surface area contributed by atoms with Gasteiger partial charge in [0.25, 0.3) is 5.91 Å². The molecule has 1 aromatic carbocycles. The number of carbonyl (C=O) groups excluding carboxylic acids is 1. The summed E-state index contributed by atoms with van der Waals surface area (Å²) in [4.78, 5) is 17.8. The van der Waals surface area contributed by atoms with Crippen LogP contribution in [0.4, 0.5) is 0 Å². The molecule has 2 N–H and O–H groups in total. The van der Waals surface area contributed by atoms with E-state index in [1.807, 2.05) is 20.8 Å². The summed E-state index contributed by atoms with van der Waals surface area (Å²) in [5.41, 5.74) is 2.97. The van der Waals surface area contributed by atoms with E-state index in [0.29, 0.717) is 11.1 Å². The average Bonchev–Trinajstić information content (AvgIpc) is 3.03. The van der Waals surface area contributed by atoms with Crippen LogP contribution < -0.4 is 5.32 Å². The summed E-state index contributed by atoms with van der Waals surface area (Å²) in [6, 6.07) is 5.18. The van der Waals surface area contributed by atoms with Crippen molar-refractivity contribution in [3.63, 3.8) is 0 Å². The molecular weight excluding hydrogens is 286 g/mol. The van der Waals surface area contributed by atoms with Gasteiger partial charge in [0, 0.05) is 10.4 Å². The molecule has 0 radical (unpaired) electrons. The van der Waals surface area contributed by atoms with E-state index in [4.69, 9.17) is 0 Å². The minimum atomic E-state index is -0.127. The molecule has 1 amide bonds. The van der Waals surface area contributed by atoms with Gasteiger partial charge in [0.2, 0.25) is 0 Å². The van der Waals surface area contributed by atoms with Gasteiger partial charge in [-0.3, -0.25) is 4.79 Å². The molecule has 0 saturated carbocycles. The first-order valence-corrected chi connectivity index (χ1v) is 7.41. The monoisotopic (exact) mass is 301 g/mol. The van der Waals surface area contributed by atoms with Gasteiger partial charge in [-0.25, -0.2) is 4.98 Å². The third-order valence-corrected chi connectivity index (χ3v) is 4.51. The molecule has 1 unspecified atom stereocenters. The largest absolute Gasteiger partial charge is 0.345 e. The van der Waals surface area contributed by atoms with E-state index in [9.17, 15) is 4.79 Å². The molecule has 0 bridgehead atoms. The second kappa shape index (κ2) is 5.25. The maximum Gasteiger partial charge on any atom is 0.251 e. The highest BCUT2D eigenvalue weighted by atomic mass is 32.1. The lowest BCUT2D eigenvalue weighted by Gasteiger charge is -2.12. The van der Waals surface area contributed by atoms with E-state index in [1.165, 1.54) is 0 Å². The fourth-order valence-corrected chi connectivity index (χ4v) is 3.21. The Morgan fingerprint density at radius 2 is 2.05 bits per heavy atom. The number of H-pyrrole nitrogens is 1. The summed E-state index contributed by atoms with van der Waals surface area (Å²) in [7, 11) is 0. The molecule has 2 heterocycles. The van der Waals surface area contributed by atoms with Crippen LogP contribution in [0.3, 0.4) is 0 Å². The van der Waals surface area contributed by atoms with Crippen LogP contribution in [0.25, 0.3) is 11.0 Å². The van der Waals surface area contributed by atoms with Crippen molar-refractivity contribution in [1.29, 1.82) is 0 Å². The number of aromatic amines is 1. The van der Waals surface area contributed by atoms with E-state index < -0.39 is 0 Å². The van der Waals surface area contributed by atoms with Crippen molar-refractivity contribution in [3.05, 3.63) is 39.3 Å². The SMILES string of the molecule is Cc1nc(C)c(C(C)NC(=O)c2ccc3n[nH]nc3c2)s1. The zero-order valence-electron chi connectivity index (χ0n) is 12.0. The summed E-state index contributed by atoms with van der Waals surface area (Å²) in [5.74, 6) is -0.127. The third-order valence-electron chi connectivity index (χ3n) is 3.26. The lowest BCUT2D eigenvalue weighted by molar-refractivity contribution is 0.0940. The van der Waals surface area contributed by atoms with Crippen molar-refractivity contribution in [1.82, 2.24) is 25.7 Å². The normalized spacial score (nSPS) is 12.5. The molecule has 6 nitrogen and oxygen atoms in total. The lowest BCUT2D eigenvalue weighted by Crippen LogP contribution is -2.26. The number of fused-ring (bicyclic) bond motifs is 1. The predicted octanol–water partition coefficient (Wildman–Crippen LogP) is 2.52. The standard InChI is InChI=1S/C14H15N5OS/c1-7-13(21-9(3)15-7)8(2)16-14(20)10-4-5-11-12(6-10)18-19-17-11/h4-6,8H,1-3H3,(H,16,20)(H,17,18,19). The van der Waals surface area contributed by atoms with Crippen LogP contribution in [0.1, 0.15) is 38.9 Å². The van der Waals surface area contributed by atoms with E-state index in [0.717, 1.165) is 21.1 Å². The molecular formula is C14H15N5OS. The predicted molar refractivity (Wildman–Crippen MR) is 81.4 cm³/mol. The van der Waals surface area contributed by atoms with Crippen molar-refractivity contribution in [2.75, 3.05) is 0 Å². The van der Waals surface area contributed by atoms with Gasteiger partial charge in [0.05, 0.1) is 16.7 Å². The number of thiazole rings is 1. The Morgan fingerprint density at radius 1 is 1.29 bits per heavy atom. The van der Waals surface area contributed by atoms with Crippen LogP contribution >= 0.6 is 11.3 Å². The Hall–Kier alpha value is -2.28. The Bertz CT molecular complexity index is 807. The molecule has 0 spiro atoms. The number of carbonyl (C=O) groups is 1. The highest BCUT2D eigenvalue weighted by Crippen LogP contribution is 2.24. The van der Waals surface area contributed by atoms with Gasteiger partial charge in [-0.15, -0.1) is 11.3 Å². The fraction of sp³-hybridized carbons (Fsp3) is 0.286. The molecule has 3 rings (SSSR count). The number of rotatable bonds is 3. The summed E-state index contributed by atoms with van der Waals surface area (Å²) < 4.78 is 0. The van der Waals surface area contributed by atoms with Gasteiger partial charge < -0.3 is 5.32 Å². The second-order valence-corrected chi connectivity index (χ2v) is 6.14. The number of hydrogen-bond donors (Lipinski definition) is 2. The highest BCUT2D eigenvalue weighted by Gasteiger charge is 2.16.